The number of para-hydroxylation sites is 1. The van der Waals surface area contributed by atoms with Crippen LogP contribution in [0.5, 0.6) is 0 Å². The fourth-order valence-corrected chi connectivity index (χ4v) is 3.39. The fourth-order valence-electron chi connectivity index (χ4n) is 3.39. The summed E-state index contributed by atoms with van der Waals surface area (Å²) in [5, 5.41) is 3.28. The number of nitrogens with one attached hydrogen (secondary N) is 1. The van der Waals surface area contributed by atoms with E-state index >= 15 is 0 Å². The zero-order valence-electron chi connectivity index (χ0n) is 16.7. The lowest BCUT2D eigenvalue weighted by Gasteiger charge is -2.33. The maximum atomic E-state index is 3.28. The van der Waals surface area contributed by atoms with Crippen LogP contribution in [-0.2, 0) is 0 Å². The van der Waals surface area contributed by atoms with Crippen molar-refractivity contribution in [1.82, 2.24) is 4.90 Å². The minimum atomic E-state index is 0. The summed E-state index contributed by atoms with van der Waals surface area (Å²) in [5.74, 6) is 0. The molecule has 1 fully saturated rings. The van der Waals surface area contributed by atoms with Crippen molar-refractivity contribution in [3.8, 4) is 5.69 Å². The number of likely N-dealkylation sites (N-methyl/N-ethyl adjacent to an activating group) is 1. The number of anilines is 2. The molecule has 2 heterocycles. The summed E-state index contributed by atoms with van der Waals surface area (Å²) in [7, 11) is 2.19. The van der Waals surface area contributed by atoms with Crippen molar-refractivity contribution in [2.45, 2.75) is 0 Å². The van der Waals surface area contributed by atoms with Crippen LogP contribution in [0.25, 0.3) is 11.8 Å². The Hall–Kier alpha value is -2.82. The summed E-state index contributed by atoms with van der Waals surface area (Å²) in [6.45, 7) is 4.46. The van der Waals surface area contributed by atoms with Crippen LogP contribution in [0.4, 0.5) is 11.4 Å². The molecule has 0 saturated carbocycles. The zero-order chi connectivity index (χ0) is 19.2. The summed E-state index contributed by atoms with van der Waals surface area (Å²) in [6.07, 6.45) is 8.26. The number of halogens is 1. The molecule has 0 aliphatic carbocycles. The van der Waals surface area contributed by atoms with E-state index in [2.05, 4.69) is 93.7 Å². The molecule has 1 saturated heterocycles. The van der Waals surface area contributed by atoms with Gasteiger partial charge in [0.2, 0.25) is 5.69 Å². The number of nitrogens with zero attached hydrogens (tertiary/aromatic N) is 3. The average Bonchev–Trinajstić information content (AvgIpc) is 2.76. The van der Waals surface area contributed by atoms with E-state index in [1.165, 1.54) is 11.4 Å². The summed E-state index contributed by atoms with van der Waals surface area (Å²) in [4.78, 5) is 4.84. The van der Waals surface area contributed by atoms with Crippen molar-refractivity contribution in [3.63, 3.8) is 0 Å². The molecule has 0 atom stereocenters. The minimum absolute atomic E-state index is 0. The molecule has 3 aromatic rings. The molecule has 5 heteroatoms. The lowest BCUT2D eigenvalue weighted by molar-refractivity contribution is -0.595. The number of piperazine rings is 1. The van der Waals surface area contributed by atoms with Crippen molar-refractivity contribution in [1.29, 1.82) is 0 Å². The van der Waals surface area contributed by atoms with Gasteiger partial charge in [-0.05, 0) is 43.0 Å². The Balaban J connectivity index is 0.00000240. The first kappa shape index (κ1) is 20.9. The van der Waals surface area contributed by atoms with E-state index in [-0.39, 0.29) is 12.4 Å². The predicted octanol–water partition coefficient (Wildman–Crippen LogP) is 0.802. The van der Waals surface area contributed by atoms with E-state index in [0.29, 0.717) is 0 Å². The highest BCUT2D eigenvalue weighted by Gasteiger charge is 2.15. The summed E-state index contributed by atoms with van der Waals surface area (Å²) in [5.41, 5.74) is 4.73. The third-order valence-corrected chi connectivity index (χ3v) is 5.17. The van der Waals surface area contributed by atoms with Crippen LogP contribution in [0.3, 0.4) is 0 Å². The normalized spacial score (nSPS) is 14.6. The van der Waals surface area contributed by atoms with Crippen LogP contribution in [0.15, 0.2) is 85.3 Å². The van der Waals surface area contributed by atoms with E-state index in [0.717, 1.165) is 37.4 Å². The molecule has 2 aromatic carbocycles. The van der Waals surface area contributed by atoms with Gasteiger partial charge in [-0.2, -0.15) is 4.57 Å². The van der Waals surface area contributed by atoms with Crippen molar-refractivity contribution < 1.29 is 17.0 Å². The molecule has 29 heavy (non-hydrogen) atoms. The van der Waals surface area contributed by atoms with E-state index < -0.39 is 0 Å². The van der Waals surface area contributed by atoms with Crippen molar-refractivity contribution >= 4 is 17.5 Å². The number of benzene rings is 2. The topological polar surface area (TPSA) is 22.4 Å². The second kappa shape index (κ2) is 10.1. The van der Waals surface area contributed by atoms with Crippen molar-refractivity contribution in [2.24, 2.45) is 0 Å². The fraction of sp³-hybridized carbons (Fsp3) is 0.208. The monoisotopic (exact) mass is 406 g/mol. The van der Waals surface area contributed by atoms with Crippen molar-refractivity contribution in [3.05, 3.63) is 90.9 Å². The Morgan fingerprint density at radius 2 is 1.48 bits per heavy atom. The van der Waals surface area contributed by atoms with Gasteiger partial charge in [-0.15, -0.1) is 0 Å². The first-order valence-corrected chi connectivity index (χ1v) is 9.81. The summed E-state index contributed by atoms with van der Waals surface area (Å²) >= 11 is 0. The standard InChI is InChI=1S/C24H26N4.ClH/c1-26-17-19-28(20-18-26)24-9-7-23(8-10-24)27-15-12-21(13-16-27)11-14-25-22-5-3-2-4-6-22;/h2-16H,17-20H2,1H3;1H. The molecule has 1 aromatic heterocycles. The molecule has 0 radical (unpaired) electrons. The predicted molar refractivity (Wildman–Crippen MR) is 117 cm³/mol. The van der Waals surface area contributed by atoms with Crippen molar-refractivity contribution in [2.75, 3.05) is 43.4 Å². The van der Waals surface area contributed by atoms with Gasteiger partial charge in [0.25, 0.3) is 0 Å². The Labute approximate surface area is 179 Å². The van der Waals surface area contributed by atoms with Gasteiger partial charge < -0.3 is 27.5 Å². The van der Waals surface area contributed by atoms with Gasteiger partial charge in [0.05, 0.1) is 0 Å². The molecular formula is C24H27ClN4. The Kier molecular flexibility index (Phi) is 7.28. The van der Waals surface area contributed by atoms with E-state index in [1.54, 1.807) is 0 Å². The molecule has 0 spiro atoms. The molecule has 4 nitrogen and oxygen atoms in total. The second-order valence-corrected chi connectivity index (χ2v) is 7.19. The van der Waals surface area contributed by atoms with Gasteiger partial charge in [0.1, 0.15) is 0 Å². The lowest BCUT2D eigenvalue weighted by Crippen LogP contribution is -3.00. The third-order valence-electron chi connectivity index (χ3n) is 5.17. The highest BCUT2D eigenvalue weighted by atomic mass is 35.5. The van der Waals surface area contributed by atoms with E-state index in [4.69, 9.17) is 0 Å². The minimum Gasteiger partial charge on any atom is -1.00 e. The Morgan fingerprint density at radius 1 is 0.828 bits per heavy atom. The second-order valence-electron chi connectivity index (χ2n) is 7.19. The van der Waals surface area contributed by atoms with Crippen LogP contribution >= 0.6 is 0 Å². The van der Waals surface area contributed by atoms with E-state index in [1.807, 2.05) is 24.4 Å². The first-order valence-electron chi connectivity index (χ1n) is 9.81. The Bertz CT molecular complexity index is 900. The molecule has 1 aliphatic rings. The largest absolute Gasteiger partial charge is 1.00 e. The quantitative estimate of drug-likeness (QED) is 0.634. The number of hydrogen-bond donors (Lipinski definition) is 1. The number of pyridine rings is 1. The van der Waals surface area contributed by atoms with Crippen LogP contribution in [-0.4, -0.2) is 38.1 Å². The van der Waals surface area contributed by atoms with Crippen LogP contribution in [0.1, 0.15) is 5.56 Å². The van der Waals surface area contributed by atoms with Crippen LogP contribution < -0.4 is 27.2 Å². The highest BCUT2D eigenvalue weighted by molar-refractivity contribution is 5.54. The Morgan fingerprint density at radius 3 is 2.14 bits per heavy atom. The molecule has 0 bridgehead atoms. The molecular weight excluding hydrogens is 380 g/mol. The average molecular weight is 407 g/mol. The lowest BCUT2D eigenvalue weighted by atomic mass is 10.2. The molecule has 4 rings (SSSR count). The van der Waals surface area contributed by atoms with Gasteiger partial charge in [0, 0.05) is 68.0 Å². The zero-order valence-corrected chi connectivity index (χ0v) is 17.5. The van der Waals surface area contributed by atoms with Crippen LogP contribution in [0, 0.1) is 0 Å². The SMILES string of the molecule is CN1CCN(c2ccc(-[n+]3ccc(C=CNc4ccccc4)cc3)cc2)CC1.[Cl-]. The molecule has 150 valence electrons. The number of rotatable bonds is 5. The van der Waals surface area contributed by atoms with Gasteiger partial charge >= 0.3 is 0 Å². The third kappa shape index (κ3) is 5.59. The first-order chi connectivity index (χ1) is 13.8. The maximum Gasteiger partial charge on any atom is 0.210 e. The van der Waals surface area contributed by atoms with E-state index in [9.17, 15) is 0 Å². The molecule has 1 aliphatic heterocycles. The summed E-state index contributed by atoms with van der Waals surface area (Å²) < 4.78 is 2.15. The van der Waals surface area contributed by atoms with Crippen LogP contribution in [0.2, 0.25) is 0 Å². The molecule has 1 N–H and O–H groups in total. The maximum absolute atomic E-state index is 3.28. The molecule has 0 unspecified atom stereocenters. The van der Waals surface area contributed by atoms with Gasteiger partial charge in [-0.1, -0.05) is 18.2 Å². The smallest absolute Gasteiger partial charge is 0.210 e. The highest BCUT2D eigenvalue weighted by Crippen LogP contribution is 2.17. The molecule has 0 amide bonds. The number of hydrogen-bond acceptors (Lipinski definition) is 3. The van der Waals surface area contributed by atoms with Gasteiger partial charge in [-0.3, -0.25) is 0 Å². The van der Waals surface area contributed by atoms with Gasteiger partial charge in [0.15, 0.2) is 12.4 Å². The summed E-state index contributed by atoms with van der Waals surface area (Å²) in [6, 6.07) is 23.3. The number of aromatic nitrogens is 1. The van der Waals surface area contributed by atoms with Gasteiger partial charge in [-0.25, -0.2) is 0 Å².